The van der Waals surface area contributed by atoms with Crippen LogP contribution in [0.2, 0.25) is 0 Å². The van der Waals surface area contributed by atoms with Crippen LogP contribution in [0.3, 0.4) is 0 Å². The first-order valence-corrected chi connectivity index (χ1v) is 9.19. The van der Waals surface area contributed by atoms with Gasteiger partial charge in [0, 0.05) is 16.7 Å². The van der Waals surface area contributed by atoms with Crippen LogP contribution < -0.4 is 5.32 Å². The Hall–Kier alpha value is -2.95. The normalized spacial score (nSPS) is 11.6. The average molecular weight is 381 g/mol. The molecule has 5 heteroatoms. The molecular formula is C23H27NO4. The number of rotatable bonds is 6. The summed E-state index contributed by atoms with van der Waals surface area (Å²) in [6, 6.07) is 15.4. The maximum Gasteiger partial charge on any atom is 0.338 e. The van der Waals surface area contributed by atoms with E-state index >= 15 is 0 Å². The molecule has 0 aromatic heterocycles. The largest absolute Gasteiger partial charge is 0.461 e. The maximum atomic E-state index is 12.5. The molecule has 148 valence electrons. The summed E-state index contributed by atoms with van der Waals surface area (Å²) in [5.74, 6) is -0.773. The number of amides is 1. The third kappa shape index (κ3) is 5.52. The van der Waals surface area contributed by atoms with Gasteiger partial charge < -0.3 is 10.1 Å². The highest BCUT2D eigenvalue weighted by atomic mass is 16.5. The van der Waals surface area contributed by atoms with Crippen LogP contribution in [0, 0.1) is 10.8 Å². The Morgan fingerprint density at radius 1 is 0.857 bits per heavy atom. The Morgan fingerprint density at radius 3 is 2.07 bits per heavy atom. The molecule has 1 amide bonds. The fourth-order valence-electron chi connectivity index (χ4n) is 2.93. The second-order valence-electron chi connectivity index (χ2n) is 8.44. The Labute approximate surface area is 166 Å². The average Bonchev–Trinajstić information content (AvgIpc) is 2.65. The zero-order valence-electron chi connectivity index (χ0n) is 17.0. The molecule has 0 saturated carbocycles. The van der Waals surface area contributed by atoms with Gasteiger partial charge in [0.2, 0.25) is 0 Å². The van der Waals surface area contributed by atoms with Crippen LogP contribution >= 0.6 is 0 Å². The van der Waals surface area contributed by atoms with E-state index in [1.54, 1.807) is 62.4 Å². The first kappa shape index (κ1) is 21.4. The van der Waals surface area contributed by atoms with Gasteiger partial charge in [-0.3, -0.25) is 9.59 Å². The minimum atomic E-state index is -0.785. The molecule has 5 nitrogen and oxygen atoms in total. The first-order chi connectivity index (χ1) is 13.0. The van der Waals surface area contributed by atoms with Crippen molar-refractivity contribution in [3.63, 3.8) is 0 Å². The van der Waals surface area contributed by atoms with Crippen molar-refractivity contribution in [2.75, 3.05) is 11.9 Å². The van der Waals surface area contributed by atoms with Gasteiger partial charge in [0.25, 0.3) is 5.91 Å². The van der Waals surface area contributed by atoms with Crippen molar-refractivity contribution in [3.05, 3.63) is 65.7 Å². The number of hydrogen-bond acceptors (Lipinski definition) is 4. The minimum absolute atomic E-state index is 0.0114. The summed E-state index contributed by atoms with van der Waals surface area (Å²) < 4.78 is 5.38. The Balaban J connectivity index is 2.04. The molecular weight excluding hydrogens is 354 g/mol. The second kappa shape index (κ2) is 8.38. The lowest BCUT2D eigenvalue weighted by Crippen LogP contribution is -2.38. The highest BCUT2D eigenvalue weighted by Crippen LogP contribution is 2.29. The van der Waals surface area contributed by atoms with Gasteiger partial charge in [0.05, 0.1) is 11.0 Å². The molecule has 0 aliphatic rings. The van der Waals surface area contributed by atoms with Gasteiger partial charge in [-0.05, 0) is 44.2 Å². The zero-order chi connectivity index (χ0) is 20.9. The SMILES string of the molecule is CC(C)(C)C(=O)C(C)(C)COC(=O)c1cccc(NC(=O)c2ccccc2)c1. The predicted molar refractivity (Wildman–Crippen MR) is 109 cm³/mol. The van der Waals surface area contributed by atoms with Gasteiger partial charge in [0.1, 0.15) is 12.4 Å². The zero-order valence-corrected chi connectivity index (χ0v) is 17.0. The summed E-state index contributed by atoms with van der Waals surface area (Å²) in [5.41, 5.74) is 0.0287. The van der Waals surface area contributed by atoms with Crippen molar-refractivity contribution >= 4 is 23.3 Å². The Morgan fingerprint density at radius 2 is 1.46 bits per heavy atom. The number of ketones is 1. The molecule has 0 bridgehead atoms. The molecule has 0 aliphatic carbocycles. The van der Waals surface area contributed by atoms with Crippen LogP contribution in [-0.4, -0.2) is 24.3 Å². The summed E-state index contributed by atoms with van der Waals surface area (Å²) in [7, 11) is 0. The van der Waals surface area contributed by atoms with Crippen molar-refractivity contribution in [2.45, 2.75) is 34.6 Å². The minimum Gasteiger partial charge on any atom is -0.461 e. The molecule has 2 rings (SSSR count). The monoisotopic (exact) mass is 381 g/mol. The van der Waals surface area contributed by atoms with Gasteiger partial charge in [-0.2, -0.15) is 0 Å². The van der Waals surface area contributed by atoms with Gasteiger partial charge >= 0.3 is 5.97 Å². The van der Waals surface area contributed by atoms with Crippen LogP contribution in [0.1, 0.15) is 55.3 Å². The summed E-state index contributed by atoms with van der Waals surface area (Å²) in [4.78, 5) is 37.2. The summed E-state index contributed by atoms with van der Waals surface area (Å²) in [6.45, 7) is 9.06. The number of ether oxygens (including phenoxy) is 1. The van der Waals surface area contributed by atoms with E-state index in [2.05, 4.69) is 5.32 Å². The quantitative estimate of drug-likeness (QED) is 0.734. The fraction of sp³-hybridized carbons (Fsp3) is 0.348. The van der Waals surface area contributed by atoms with Crippen molar-refractivity contribution in [3.8, 4) is 0 Å². The number of Topliss-reactive ketones (excluding diaryl/α,β-unsaturated/α-hetero) is 1. The Kier molecular flexibility index (Phi) is 6.39. The third-order valence-corrected chi connectivity index (χ3v) is 4.25. The highest BCUT2D eigenvalue weighted by molar-refractivity contribution is 6.04. The first-order valence-electron chi connectivity index (χ1n) is 9.19. The van der Waals surface area contributed by atoms with Gasteiger partial charge in [-0.1, -0.05) is 45.0 Å². The van der Waals surface area contributed by atoms with Crippen LogP contribution in [0.5, 0.6) is 0 Å². The van der Waals surface area contributed by atoms with Gasteiger partial charge in [-0.25, -0.2) is 4.79 Å². The van der Waals surface area contributed by atoms with Crippen LogP contribution in [0.4, 0.5) is 5.69 Å². The predicted octanol–water partition coefficient (Wildman–Crippen LogP) is 4.74. The number of hydrogen-bond donors (Lipinski definition) is 1. The molecule has 2 aromatic carbocycles. The smallest absolute Gasteiger partial charge is 0.338 e. The van der Waals surface area contributed by atoms with Crippen molar-refractivity contribution in [1.82, 2.24) is 0 Å². The lowest BCUT2D eigenvalue weighted by molar-refractivity contribution is -0.137. The van der Waals surface area contributed by atoms with E-state index in [1.807, 2.05) is 26.8 Å². The van der Waals surface area contributed by atoms with E-state index in [1.165, 1.54) is 0 Å². The number of anilines is 1. The lowest BCUT2D eigenvalue weighted by Gasteiger charge is -2.30. The maximum absolute atomic E-state index is 12.5. The van der Waals surface area contributed by atoms with E-state index in [0.29, 0.717) is 16.8 Å². The number of nitrogens with one attached hydrogen (secondary N) is 1. The van der Waals surface area contributed by atoms with E-state index in [0.717, 1.165) is 0 Å². The molecule has 0 spiro atoms. The summed E-state index contributed by atoms with van der Waals surface area (Å²) in [5, 5.41) is 2.76. The van der Waals surface area contributed by atoms with E-state index in [9.17, 15) is 14.4 Å². The molecule has 0 heterocycles. The number of carbonyl (C=O) groups is 3. The summed E-state index contributed by atoms with van der Waals surface area (Å²) >= 11 is 0. The lowest BCUT2D eigenvalue weighted by atomic mass is 9.75. The van der Waals surface area contributed by atoms with Crippen LogP contribution in [0.25, 0.3) is 0 Å². The van der Waals surface area contributed by atoms with E-state index < -0.39 is 16.8 Å². The fourth-order valence-corrected chi connectivity index (χ4v) is 2.93. The molecule has 2 aromatic rings. The number of esters is 1. The van der Waals surface area contributed by atoms with E-state index in [-0.39, 0.29) is 18.3 Å². The molecule has 0 saturated heterocycles. The number of carbonyl (C=O) groups excluding carboxylic acids is 3. The summed E-state index contributed by atoms with van der Waals surface area (Å²) in [6.07, 6.45) is 0. The molecule has 0 aliphatic heterocycles. The van der Waals surface area contributed by atoms with Crippen molar-refractivity contribution in [1.29, 1.82) is 0 Å². The topological polar surface area (TPSA) is 72.5 Å². The van der Waals surface area contributed by atoms with Crippen LogP contribution in [-0.2, 0) is 9.53 Å². The Bertz CT molecular complexity index is 864. The molecule has 28 heavy (non-hydrogen) atoms. The van der Waals surface area contributed by atoms with Gasteiger partial charge in [-0.15, -0.1) is 0 Å². The molecule has 0 radical (unpaired) electrons. The molecule has 0 unspecified atom stereocenters. The second-order valence-corrected chi connectivity index (χ2v) is 8.44. The van der Waals surface area contributed by atoms with Crippen LogP contribution in [0.15, 0.2) is 54.6 Å². The van der Waals surface area contributed by atoms with E-state index in [4.69, 9.17) is 4.74 Å². The molecule has 0 fully saturated rings. The third-order valence-electron chi connectivity index (χ3n) is 4.25. The molecule has 1 N–H and O–H groups in total. The van der Waals surface area contributed by atoms with Crippen molar-refractivity contribution in [2.24, 2.45) is 10.8 Å². The standard InChI is InChI=1S/C23H27NO4/c1-22(2,3)21(27)23(4,5)15-28-20(26)17-12-9-13-18(14-17)24-19(25)16-10-7-6-8-11-16/h6-14H,15H2,1-5H3,(H,24,25). The number of benzene rings is 2. The highest BCUT2D eigenvalue weighted by Gasteiger charge is 2.37. The van der Waals surface area contributed by atoms with Crippen molar-refractivity contribution < 1.29 is 19.1 Å². The molecule has 0 atom stereocenters. The van der Waals surface area contributed by atoms with Gasteiger partial charge in [0.15, 0.2) is 0 Å².